The minimum Gasteiger partial charge on any atom is -0.327 e. The van der Waals surface area contributed by atoms with Gasteiger partial charge in [-0.05, 0) is 55.5 Å². The zero-order valence-electron chi connectivity index (χ0n) is 15.0. The Balaban J connectivity index is 1.45. The van der Waals surface area contributed by atoms with Crippen LogP contribution < -0.4 is 5.32 Å². The molecule has 4 rings (SSSR count). The molecule has 1 aromatic carbocycles. The summed E-state index contributed by atoms with van der Waals surface area (Å²) in [5.41, 5.74) is 2.36. The Labute approximate surface area is 161 Å². The lowest BCUT2D eigenvalue weighted by Crippen LogP contribution is -2.43. The lowest BCUT2D eigenvalue weighted by atomic mass is 10.2. The lowest BCUT2D eigenvalue weighted by Gasteiger charge is -2.23. The normalized spacial score (nSPS) is 16.5. The fraction of sp³-hybridized carbons (Fsp3) is 0.250. The molecule has 1 saturated heterocycles. The molecule has 0 saturated carbocycles. The number of rotatable bonds is 4. The van der Waals surface area contributed by atoms with E-state index in [1.54, 1.807) is 17.2 Å². The van der Waals surface area contributed by atoms with Crippen molar-refractivity contribution in [3.63, 3.8) is 0 Å². The highest BCUT2D eigenvalue weighted by molar-refractivity contribution is 7.08. The molecule has 2 aromatic heterocycles. The largest absolute Gasteiger partial charge is 0.327 e. The van der Waals surface area contributed by atoms with Crippen molar-refractivity contribution >= 4 is 28.8 Å². The first-order chi connectivity index (χ1) is 13.1. The highest BCUT2D eigenvalue weighted by atomic mass is 32.1. The van der Waals surface area contributed by atoms with Crippen molar-refractivity contribution in [3.05, 3.63) is 64.9 Å². The van der Waals surface area contributed by atoms with Crippen molar-refractivity contribution in [1.82, 2.24) is 14.5 Å². The fourth-order valence-corrected chi connectivity index (χ4v) is 4.05. The highest BCUT2D eigenvalue weighted by Gasteiger charge is 2.34. The molecule has 138 valence electrons. The Morgan fingerprint density at radius 1 is 1.22 bits per heavy atom. The molecule has 1 aliphatic rings. The van der Waals surface area contributed by atoms with Crippen LogP contribution in [0.15, 0.2) is 53.5 Å². The van der Waals surface area contributed by atoms with Gasteiger partial charge in [0.1, 0.15) is 11.9 Å². The van der Waals surface area contributed by atoms with Crippen LogP contribution >= 0.6 is 11.3 Å². The van der Waals surface area contributed by atoms with E-state index in [0.29, 0.717) is 18.5 Å². The van der Waals surface area contributed by atoms with Crippen LogP contribution in [0.4, 0.5) is 5.69 Å². The second-order valence-electron chi connectivity index (χ2n) is 6.55. The molecule has 2 amide bonds. The number of carbonyl (C=O) groups is 2. The molecule has 0 spiro atoms. The van der Waals surface area contributed by atoms with E-state index in [1.807, 2.05) is 52.7 Å². The number of aromatic nitrogens is 2. The van der Waals surface area contributed by atoms with E-state index in [-0.39, 0.29) is 11.8 Å². The first kappa shape index (κ1) is 17.5. The second kappa shape index (κ2) is 7.36. The van der Waals surface area contributed by atoms with Crippen LogP contribution in [0.2, 0.25) is 0 Å². The Morgan fingerprint density at radius 3 is 2.70 bits per heavy atom. The molecule has 0 bridgehead atoms. The summed E-state index contributed by atoms with van der Waals surface area (Å²) in [5.74, 6) is 0.697. The van der Waals surface area contributed by atoms with Gasteiger partial charge in [-0.15, -0.1) is 0 Å². The van der Waals surface area contributed by atoms with Gasteiger partial charge in [0.15, 0.2) is 0 Å². The summed E-state index contributed by atoms with van der Waals surface area (Å²) in [7, 11) is 0. The standard InChI is InChI=1S/C20H20N4O2S/c1-14-21-9-11-23(14)17-6-4-16(5-7-17)22-19(25)18-3-2-10-24(18)20(26)15-8-12-27-13-15/h4-9,11-13,18H,2-3,10H2,1H3,(H,22,25)/t18-/m1/s1. The number of imidazole rings is 1. The van der Waals surface area contributed by atoms with Crippen LogP contribution in [0.25, 0.3) is 5.69 Å². The number of likely N-dealkylation sites (tertiary alicyclic amines) is 1. The number of thiophene rings is 1. The Morgan fingerprint density at radius 2 is 2.04 bits per heavy atom. The molecule has 1 N–H and O–H groups in total. The van der Waals surface area contributed by atoms with E-state index in [9.17, 15) is 9.59 Å². The van der Waals surface area contributed by atoms with Gasteiger partial charge in [0, 0.05) is 35.7 Å². The van der Waals surface area contributed by atoms with Crippen molar-refractivity contribution in [1.29, 1.82) is 0 Å². The van der Waals surface area contributed by atoms with Crippen LogP contribution in [0.5, 0.6) is 0 Å². The molecule has 6 nitrogen and oxygen atoms in total. The summed E-state index contributed by atoms with van der Waals surface area (Å²) >= 11 is 1.49. The molecule has 27 heavy (non-hydrogen) atoms. The van der Waals surface area contributed by atoms with E-state index >= 15 is 0 Å². The monoisotopic (exact) mass is 380 g/mol. The average molecular weight is 380 g/mol. The summed E-state index contributed by atoms with van der Waals surface area (Å²) < 4.78 is 1.98. The molecule has 0 radical (unpaired) electrons. The first-order valence-electron chi connectivity index (χ1n) is 8.88. The van der Waals surface area contributed by atoms with Gasteiger partial charge >= 0.3 is 0 Å². The molecule has 7 heteroatoms. The smallest absolute Gasteiger partial charge is 0.255 e. The van der Waals surface area contributed by atoms with Gasteiger partial charge in [-0.1, -0.05) is 0 Å². The van der Waals surface area contributed by atoms with Gasteiger partial charge < -0.3 is 14.8 Å². The number of benzene rings is 1. The molecule has 0 unspecified atom stereocenters. The van der Waals surface area contributed by atoms with Crippen LogP contribution in [0.1, 0.15) is 29.0 Å². The number of nitrogens with zero attached hydrogens (tertiary/aromatic N) is 3. The maximum absolute atomic E-state index is 12.7. The maximum Gasteiger partial charge on any atom is 0.255 e. The minimum absolute atomic E-state index is 0.0696. The maximum atomic E-state index is 12.7. The minimum atomic E-state index is -0.423. The van der Waals surface area contributed by atoms with E-state index in [0.717, 1.165) is 23.6 Å². The summed E-state index contributed by atoms with van der Waals surface area (Å²) in [4.78, 5) is 31.3. The van der Waals surface area contributed by atoms with E-state index in [2.05, 4.69) is 10.3 Å². The number of hydrogen-bond donors (Lipinski definition) is 1. The molecular formula is C20H20N4O2S. The molecule has 1 aliphatic heterocycles. The van der Waals surface area contributed by atoms with Gasteiger partial charge in [-0.25, -0.2) is 4.98 Å². The summed E-state index contributed by atoms with van der Waals surface area (Å²) in [5, 5.41) is 6.65. The van der Waals surface area contributed by atoms with Crippen LogP contribution in [0.3, 0.4) is 0 Å². The zero-order chi connectivity index (χ0) is 18.8. The zero-order valence-corrected chi connectivity index (χ0v) is 15.8. The van der Waals surface area contributed by atoms with Gasteiger partial charge in [0.2, 0.25) is 5.91 Å². The number of aryl methyl sites for hydroxylation is 1. The SMILES string of the molecule is Cc1nccn1-c1ccc(NC(=O)[C@H]2CCCN2C(=O)c2ccsc2)cc1. The van der Waals surface area contributed by atoms with Crippen molar-refractivity contribution < 1.29 is 9.59 Å². The summed E-state index contributed by atoms with van der Waals surface area (Å²) in [6.07, 6.45) is 5.18. The Hall–Kier alpha value is -2.93. The number of hydrogen-bond acceptors (Lipinski definition) is 4. The van der Waals surface area contributed by atoms with E-state index in [4.69, 9.17) is 0 Å². The highest BCUT2D eigenvalue weighted by Crippen LogP contribution is 2.23. The van der Waals surface area contributed by atoms with Crippen LogP contribution in [-0.2, 0) is 4.79 Å². The van der Waals surface area contributed by atoms with Crippen molar-refractivity contribution in [2.45, 2.75) is 25.8 Å². The topological polar surface area (TPSA) is 67.2 Å². The molecule has 1 fully saturated rings. The van der Waals surface area contributed by atoms with Gasteiger partial charge in [0.05, 0.1) is 5.56 Å². The van der Waals surface area contributed by atoms with Gasteiger partial charge in [-0.3, -0.25) is 9.59 Å². The predicted molar refractivity (Wildman–Crippen MR) is 105 cm³/mol. The molecule has 1 atom stereocenters. The Bertz CT molecular complexity index is 947. The fourth-order valence-electron chi connectivity index (χ4n) is 3.42. The third kappa shape index (κ3) is 3.50. The third-order valence-electron chi connectivity index (χ3n) is 4.82. The quantitative estimate of drug-likeness (QED) is 0.753. The summed E-state index contributed by atoms with van der Waals surface area (Å²) in [6.45, 7) is 2.56. The molecule has 3 heterocycles. The third-order valence-corrected chi connectivity index (χ3v) is 5.51. The van der Waals surface area contributed by atoms with Crippen molar-refractivity contribution in [3.8, 4) is 5.69 Å². The molecule has 3 aromatic rings. The second-order valence-corrected chi connectivity index (χ2v) is 7.33. The van der Waals surface area contributed by atoms with Crippen LogP contribution in [0, 0.1) is 6.92 Å². The number of amides is 2. The van der Waals surface area contributed by atoms with Crippen molar-refractivity contribution in [2.24, 2.45) is 0 Å². The van der Waals surface area contributed by atoms with Gasteiger partial charge in [0.25, 0.3) is 5.91 Å². The van der Waals surface area contributed by atoms with E-state index < -0.39 is 6.04 Å². The predicted octanol–water partition coefficient (Wildman–Crippen LogP) is 3.49. The Kier molecular flexibility index (Phi) is 4.77. The number of nitrogens with one attached hydrogen (secondary N) is 1. The summed E-state index contributed by atoms with van der Waals surface area (Å²) in [6, 6.07) is 8.99. The first-order valence-corrected chi connectivity index (χ1v) is 9.82. The molecular weight excluding hydrogens is 360 g/mol. The van der Waals surface area contributed by atoms with Crippen LogP contribution in [-0.4, -0.2) is 38.9 Å². The lowest BCUT2D eigenvalue weighted by molar-refractivity contribution is -0.119. The van der Waals surface area contributed by atoms with Gasteiger partial charge in [-0.2, -0.15) is 11.3 Å². The number of anilines is 1. The average Bonchev–Trinajstić information content (AvgIpc) is 3.43. The van der Waals surface area contributed by atoms with E-state index in [1.165, 1.54) is 11.3 Å². The molecule has 0 aliphatic carbocycles. The number of carbonyl (C=O) groups excluding carboxylic acids is 2. The van der Waals surface area contributed by atoms with Crippen molar-refractivity contribution in [2.75, 3.05) is 11.9 Å².